The fraction of sp³-hybridized carbons (Fsp3) is 0.263. The molecule has 1 aliphatic rings. The number of carbonyl (C=O) groups excluding carboxylic acids is 1. The van der Waals surface area contributed by atoms with Crippen LogP contribution in [0.4, 0.5) is 0 Å². The zero-order valence-corrected chi connectivity index (χ0v) is 15.7. The number of ketones is 1. The van der Waals surface area contributed by atoms with Crippen LogP contribution in [0.15, 0.2) is 54.3 Å². The van der Waals surface area contributed by atoms with Gasteiger partial charge >= 0.3 is 0 Å². The summed E-state index contributed by atoms with van der Waals surface area (Å²) < 4.78 is 26.7. The van der Waals surface area contributed by atoms with Gasteiger partial charge in [0.25, 0.3) is 0 Å². The van der Waals surface area contributed by atoms with Gasteiger partial charge in [-0.25, -0.2) is 12.4 Å². The van der Waals surface area contributed by atoms with Crippen LogP contribution in [0.1, 0.15) is 25.3 Å². The third-order valence-corrected chi connectivity index (χ3v) is 7.08. The lowest BCUT2D eigenvalue weighted by molar-refractivity contribution is -0.115. The van der Waals surface area contributed by atoms with Crippen molar-refractivity contribution in [1.29, 1.82) is 5.26 Å². The fourth-order valence-electron chi connectivity index (χ4n) is 3.10. The molecule has 1 aliphatic carbocycles. The van der Waals surface area contributed by atoms with Gasteiger partial charge in [0.05, 0.1) is 17.1 Å². The minimum Gasteiger partial charge on any atom is -0.295 e. The van der Waals surface area contributed by atoms with Crippen molar-refractivity contribution < 1.29 is 13.2 Å². The van der Waals surface area contributed by atoms with E-state index in [-0.39, 0.29) is 24.5 Å². The van der Waals surface area contributed by atoms with E-state index < -0.39 is 14.8 Å². The summed E-state index contributed by atoms with van der Waals surface area (Å²) in [6, 6.07) is 8.56. The Morgan fingerprint density at radius 1 is 1.38 bits per heavy atom. The smallest absolute Gasteiger partial charge is 0.248 e. The summed E-state index contributed by atoms with van der Waals surface area (Å²) in [5.74, 6) is 0.0640. The second-order valence-corrected chi connectivity index (χ2v) is 9.06. The van der Waals surface area contributed by atoms with E-state index in [1.54, 1.807) is 49.4 Å². The van der Waals surface area contributed by atoms with Gasteiger partial charge in [0.15, 0.2) is 5.78 Å². The Hall–Kier alpha value is -2.36. The molecule has 5 nitrogen and oxygen atoms in total. The molecule has 1 unspecified atom stereocenters. The molecule has 26 heavy (non-hydrogen) atoms. The van der Waals surface area contributed by atoms with Crippen LogP contribution in [-0.4, -0.2) is 28.8 Å². The van der Waals surface area contributed by atoms with Crippen LogP contribution in [0.5, 0.6) is 0 Å². The molecule has 7 heteroatoms. The van der Waals surface area contributed by atoms with Gasteiger partial charge in [0.2, 0.25) is 10.0 Å². The Bertz CT molecular complexity index is 1090. The molecule has 1 atom stereocenters. The van der Waals surface area contributed by atoms with Crippen LogP contribution < -0.4 is 0 Å². The van der Waals surface area contributed by atoms with Gasteiger partial charge in [-0.05, 0) is 36.8 Å². The third-order valence-electron chi connectivity index (χ3n) is 4.60. The standard InChI is InChI=1S/C19H17ClN2O3S/c1-19(8-2-3-16(12-19)18(23)6-9-20)26(24,25)22-10-7-15-11-14(13-21)4-5-17(15)22/h2-5,7-8,10-11H,6,9,12H2,1H3. The maximum Gasteiger partial charge on any atom is 0.248 e. The average Bonchev–Trinajstić information content (AvgIpc) is 3.05. The Morgan fingerprint density at radius 3 is 2.85 bits per heavy atom. The molecule has 1 aromatic carbocycles. The summed E-state index contributed by atoms with van der Waals surface area (Å²) in [7, 11) is -3.82. The van der Waals surface area contributed by atoms with Gasteiger partial charge in [-0.1, -0.05) is 18.2 Å². The molecule has 0 fully saturated rings. The molecule has 1 heterocycles. The number of Topliss-reactive ketones (excluding diaryl/α,β-unsaturated/α-hetero) is 1. The number of nitrogens with zero attached hydrogens (tertiary/aromatic N) is 2. The molecule has 0 radical (unpaired) electrons. The van der Waals surface area contributed by atoms with Crippen LogP contribution in [0.3, 0.4) is 0 Å². The number of hydrogen-bond donors (Lipinski definition) is 0. The number of nitriles is 1. The first-order valence-corrected chi connectivity index (χ1v) is 10.0. The number of carbonyl (C=O) groups is 1. The van der Waals surface area contributed by atoms with Crippen LogP contribution in [0.25, 0.3) is 10.9 Å². The molecule has 1 aromatic heterocycles. The van der Waals surface area contributed by atoms with Crippen molar-refractivity contribution in [1.82, 2.24) is 3.97 Å². The lowest BCUT2D eigenvalue weighted by Crippen LogP contribution is -2.39. The van der Waals surface area contributed by atoms with Gasteiger partial charge in [-0.2, -0.15) is 5.26 Å². The van der Waals surface area contributed by atoms with E-state index in [2.05, 4.69) is 0 Å². The molecule has 134 valence electrons. The summed E-state index contributed by atoms with van der Waals surface area (Å²) >= 11 is 5.64. The van der Waals surface area contributed by atoms with Gasteiger partial charge in [-0.3, -0.25) is 4.79 Å². The van der Waals surface area contributed by atoms with Gasteiger partial charge in [-0.15, -0.1) is 11.6 Å². The number of rotatable bonds is 5. The highest BCUT2D eigenvalue weighted by molar-refractivity contribution is 7.91. The van der Waals surface area contributed by atoms with Crippen molar-refractivity contribution in [2.75, 3.05) is 5.88 Å². The summed E-state index contributed by atoms with van der Waals surface area (Å²) in [5, 5.41) is 9.67. The Kier molecular flexibility index (Phi) is 4.78. The fourth-order valence-corrected chi connectivity index (χ4v) is 4.96. The number of alkyl halides is 1. The summed E-state index contributed by atoms with van der Waals surface area (Å²) in [6.07, 6.45) is 6.63. The highest BCUT2D eigenvalue weighted by Gasteiger charge is 2.41. The Balaban J connectivity index is 2.03. The lowest BCUT2D eigenvalue weighted by atomic mass is 9.92. The number of benzene rings is 1. The zero-order valence-electron chi connectivity index (χ0n) is 14.1. The second-order valence-electron chi connectivity index (χ2n) is 6.40. The first-order chi connectivity index (χ1) is 12.3. The minimum absolute atomic E-state index is 0.0948. The zero-order chi connectivity index (χ0) is 18.9. The van der Waals surface area contributed by atoms with Gasteiger partial charge < -0.3 is 0 Å². The van der Waals surface area contributed by atoms with E-state index in [1.807, 2.05) is 6.07 Å². The highest BCUT2D eigenvalue weighted by atomic mass is 35.5. The topological polar surface area (TPSA) is 79.9 Å². The van der Waals surface area contributed by atoms with E-state index in [4.69, 9.17) is 16.9 Å². The summed E-state index contributed by atoms with van der Waals surface area (Å²) in [6.45, 7) is 1.61. The quantitative estimate of drug-likeness (QED) is 0.734. The third kappa shape index (κ3) is 2.98. The first kappa shape index (κ1) is 18.4. The van der Waals surface area contributed by atoms with Crippen molar-refractivity contribution in [2.45, 2.75) is 24.5 Å². The van der Waals surface area contributed by atoms with Gasteiger partial charge in [0, 0.05) is 30.3 Å². The van der Waals surface area contributed by atoms with Crippen LogP contribution in [0.2, 0.25) is 0 Å². The second kappa shape index (κ2) is 6.75. The molecular formula is C19H17ClN2O3S. The lowest BCUT2D eigenvalue weighted by Gasteiger charge is -2.29. The molecule has 0 bridgehead atoms. The normalized spacial score (nSPS) is 20.0. The SMILES string of the molecule is CC1(S(=O)(=O)n2ccc3cc(C#N)ccc32)C=CC=C(C(=O)CCCl)C1. The molecule has 0 spiro atoms. The average molecular weight is 389 g/mol. The van der Waals surface area contributed by atoms with Crippen molar-refractivity contribution in [3.8, 4) is 6.07 Å². The molecule has 0 aliphatic heterocycles. The number of aromatic nitrogens is 1. The number of halogens is 1. The number of hydrogen-bond acceptors (Lipinski definition) is 4. The molecule has 0 N–H and O–H groups in total. The number of allylic oxidation sites excluding steroid dienone is 3. The molecule has 3 rings (SSSR count). The predicted molar refractivity (Wildman–Crippen MR) is 102 cm³/mol. The number of fused-ring (bicyclic) bond motifs is 1. The van der Waals surface area contributed by atoms with E-state index in [9.17, 15) is 13.2 Å². The molecule has 0 amide bonds. The molecular weight excluding hydrogens is 372 g/mol. The van der Waals surface area contributed by atoms with E-state index in [0.29, 0.717) is 22.0 Å². The van der Waals surface area contributed by atoms with E-state index >= 15 is 0 Å². The maximum absolute atomic E-state index is 13.3. The first-order valence-electron chi connectivity index (χ1n) is 8.06. The molecule has 0 saturated heterocycles. The van der Waals surface area contributed by atoms with Crippen LogP contribution in [-0.2, 0) is 14.8 Å². The van der Waals surface area contributed by atoms with E-state index in [1.165, 1.54) is 10.2 Å². The van der Waals surface area contributed by atoms with Crippen molar-refractivity contribution >= 4 is 38.3 Å². The van der Waals surface area contributed by atoms with Crippen LogP contribution in [0, 0.1) is 11.3 Å². The largest absolute Gasteiger partial charge is 0.295 e. The highest BCUT2D eigenvalue weighted by Crippen LogP contribution is 2.34. The summed E-state index contributed by atoms with van der Waals surface area (Å²) in [4.78, 5) is 12.2. The minimum atomic E-state index is -3.82. The van der Waals surface area contributed by atoms with Crippen molar-refractivity contribution in [3.63, 3.8) is 0 Å². The van der Waals surface area contributed by atoms with Crippen molar-refractivity contribution in [3.05, 3.63) is 59.8 Å². The van der Waals surface area contributed by atoms with Crippen molar-refractivity contribution in [2.24, 2.45) is 0 Å². The Labute approximate surface area is 157 Å². The van der Waals surface area contributed by atoms with E-state index in [0.717, 1.165) is 0 Å². The maximum atomic E-state index is 13.3. The Morgan fingerprint density at radius 2 is 2.15 bits per heavy atom. The predicted octanol–water partition coefficient (Wildman–Crippen LogP) is 3.53. The van der Waals surface area contributed by atoms with Crippen LogP contribution >= 0.6 is 11.6 Å². The monoisotopic (exact) mass is 388 g/mol. The molecule has 0 saturated carbocycles. The van der Waals surface area contributed by atoms with Gasteiger partial charge in [0.1, 0.15) is 4.75 Å². The molecule has 2 aromatic rings. The summed E-state index contributed by atoms with van der Waals surface area (Å²) in [5.41, 5.74) is 1.43.